The average Bonchev–Trinajstić information content (AvgIpc) is 2.87. The molecule has 1 aliphatic rings. The molecule has 0 bridgehead atoms. The number of aromatic nitrogens is 4. The van der Waals surface area contributed by atoms with Gasteiger partial charge < -0.3 is 9.72 Å². The zero-order chi connectivity index (χ0) is 13.6. The van der Waals surface area contributed by atoms with Crippen LogP contribution in [-0.2, 0) is 23.7 Å². The highest BCUT2D eigenvalue weighted by Crippen LogP contribution is 2.33. The van der Waals surface area contributed by atoms with E-state index in [1.165, 1.54) is 0 Å². The molecule has 5 nitrogen and oxygen atoms in total. The van der Waals surface area contributed by atoms with E-state index in [0.29, 0.717) is 0 Å². The molecule has 1 saturated heterocycles. The van der Waals surface area contributed by atoms with Crippen molar-refractivity contribution in [1.29, 1.82) is 0 Å². The van der Waals surface area contributed by atoms with Crippen LogP contribution in [0.3, 0.4) is 0 Å². The fraction of sp³-hybridized carbons (Fsp3) is 0.692. The summed E-state index contributed by atoms with van der Waals surface area (Å²) in [6.45, 7) is 5.97. The summed E-state index contributed by atoms with van der Waals surface area (Å²) in [5.41, 5.74) is 3.29. The van der Waals surface area contributed by atoms with Gasteiger partial charge in [-0.05, 0) is 38.4 Å². The van der Waals surface area contributed by atoms with Crippen LogP contribution in [0.25, 0.3) is 11.2 Å². The summed E-state index contributed by atoms with van der Waals surface area (Å²) < 4.78 is 10.5. The van der Waals surface area contributed by atoms with E-state index in [0.717, 1.165) is 54.1 Å². The van der Waals surface area contributed by atoms with Crippen molar-refractivity contribution in [3.05, 3.63) is 10.5 Å². The topological polar surface area (TPSA) is 47.8 Å². The minimum absolute atomic E-state index is 0.0202. The Balaban J connectivity index is 2.25. The largest absolute Gasteiger partial charge is 0.381 e. The third-order valence-corrected chi connectivity index (χ3v) is 4.47. The van der Waals surface area contributed by atoms with Crippen LogP contribution < -0.4 is 0 Å². The van der Waals surface area contributed by atoms with Gasteiger partial charge in [-0.3, -0.25) is 9.25 Å². The Kier molecular flexibility index (Phi) is 3.02. The van der Waals surface area contributed by atoms with Crippen LogP contribution in [-0.4, -0.2) is 32.5 Å². The molecule has 2 aromatic rings. The number of imidazole rings is 1. The predicted octanol–water partition coefficient (Wildman–Crippen LogP) is 2.52. The Hall–Kier alpha value is -1.14. The molecule has 0 radical (unpaired) electrons. The van der Waals surface area contributed by atoms with Gasteiger partial charge in [0.05, 0.1) is 11.2 Å². The van der Waals surface area contributed by atoms with Crippen LogP contribution in [0.15, 0.2) is 0 Å². The van der Waals surface area contributed by atoms with Crippen molar-refractivity contribution < 1.29 is 4.74 Å². The van der Waals surface area contributed by atoms with Crippen LogP contribution in [0.4, 0.5) is 0 Å². The fourth-order valence-corrected chi connectivity index (χ4v) is 3.40. The summed E-state index contributed by atoms with van der Waals surface area (Å²) >= 11 is 5.55. The second-order valence-electron chi connectivity index (χ2n) is 5.50. The van der Waals surface area contributed by atoms with E-state index in [1.54, 1.807) is 0 Å². The van der Waals surface area contributed by atoms with Crippen molar-refractivity contribution >= 4 is 23.4 Å². The number of fused-ring (bicyclic) bond motifs is 1. The standard InChI is InChI=1S/C13H20N4OS/c1-4-9-10-11(16(3)15-9)17(12(19)14-10)13(2)5-7-18-8-6-13/h4-8H2,1-3H3,(H,14,19). The summed E-state index contributed by atoms with van der Waals surface area (Å²) in [6.07, 6.45) is 2.88. The smallest absolute Gasteiger partial charge is 0.179 e. The Bertz CT molecular complexity index is 660. The lowest BCUT2D eigenvalue weighted by molar-refractivity contribution is 0.0302. The molecule has 19 heavy (non-hydrogen) atoms. The molecule has 0 aromatic carbocycles. The first-order chi connectivity index (χ1) is 9.07. The monoisotopic (exact) mass is 280 g/mol. The Morgan fingerprint density at radius 2 is 2.11 bits per heavy atom. The number of nitrogens with one attached hydrogen (secondary N) is 1. The molecule has 0 atom stereocenters. The Labute approximate surface area is 117 Å². The SMILES string of the molecule is CCc1nn(C)c2c1[nH]c(=S)n2C1(C)CCOCC1. The van der Waals surface area contributed by atoms with Crippen LogP contribution in [0, 0.1) is 4.77 Å². The van der Waals surface area contributed by atoms with Gasteiger partial charge in [-0.15, -0.1) is 0 Å². The van der Waals surface area contributed by atoms with Crippen molar-refractivity contribution in [3.8, 4) is 0 Å². The molecule has 6 heteroatoms. The van der Waals surface area contributed by atoms with Crippen molar-refractivity contribution in [3.63, 3.8) is 0 Å². The molecule has 1 aliphatic heterocycles. The first kappa shape index (κ1) is 12.9. The molecule has 1 N–H and O–H groups in total. The van der Waals surface area contributed by atoms with Crippen molar-refractivity contribution in [2.45, 2.75) is 38.6 Å². The van der Waals surface area contributed by atoms with Crippen LogP contribution in [0.2, 0.25) is 0 Å². The lowest BCUT2D eigenvalue weighted by atomic mass is 9.92. The van der Waals surface area contributed by atoms with Crippen molar-refractivity contribution in [2.75, 3.05) is 13.2 Å². The van der Waals surface area contributed by atoms with Crippen LogP contribution in [0.1, 0.15) is 32.4 Å². The maximum Gasteiger partial charge on any atom is 0.179 e. The highest BCUT2D eigenvalue weighted by Gasteiger charge is 2.33. The normalized spacial score (nSPS) is 19.1. The summed E-state index contributed by atoms with van der Waals surface area (Å²) in [4.78, 5) is 3.34. The number of aryl methyl sites for hydroxylation is 2. The van der Waals surface area contributed by atoms with Gasteiger partial charge in [-0.2, -0.15) is 5.10 Å². The maximum absolute atomic E-state index is 5.55. The molecule has 0 amide bonds. The highest BCUT2D eigenvalue weighted by molar-refractivity contribution is 7.71. The first-order valence-electron chi connectivity index (χ1n) is 6.81. The van der Waals surface area contributed by atoms with Crippen LogP contribution >= 0.6 is 12.2 Å². The van der Waals surface area contributed by atoms with Gasteiger partial charge in [0.2, 0.25) is 0 Å². The van der Waals surface area contributed by atoms with Crippen molar-refractivity contribution in [2.24, 2.45) is 7.05 Å². The molecule has 0 aliphatic carbocycles. The fourth-order valence-electron chi connectivity index (χ4n) is 3.00. The average molecular weight is 280 g/mol. The molecule has 1 fully saturated rings. The number of hydrogen-bond acceptors (Lipinski definition) is 3. The molecule has 0 saturated carbocycles. The maximum atomic E-state index is 5.55. The highest BCUT2D eigenvalue weighted by atomic mass is 32.1. The van der Waals surface area contributed by atoms with Gasteiger partial charge in [0, 0.05) is 20.3 Å². The van der Waals surface area contributed by atoms with Crippen molar-refractivity contribution in [1.82, 2.24) is 19.3 Å². The molecular formula is C13H20N4OS. The number of hydrogen-bond donors (Lipinski definition) is 1. The van der Waals surface area contributed by atoms with Gasteiger partial charge >= 0.3 is 0 Å². The van der Waals surface area contributed by atoms with Gasteiger partial charge in [0.25, 0.3) is 0 Å². The first-order valence-corrected chi connectivity index (χ1v) is 7.22. The summed E-state index contributed by atoms with van der Waals surface area (Å²) in [5, 5.41) is 4.58. The number of aromatic amines is 1. The van der Waals surface area contributed by atoms with E-state index >= 15 is 0 Å². The zero-order valence-corrected chi connectivity index (χ0v) is 12.5. The lowest BCUT2D eigenvalue weighted by Gasteiger charge is -2.35. The predicted molar refractivity (Wildman–Crippen MR) is 77.0 cm³/mol. The number of nitrogens with zero attached hydrogens (tertiary/aromatic N) is 3. The number of H-pyrrole nitrogens is 1. The van der Waals surface area contributed by atoms with Crippen LogP contribution in [0.5, 0.6) is 0 Å². The minimum atomic E-state index is 0.0202. The molecule has 3 rings (SSSR count). The molecule has 104 valence electrons. The summed E-state index contributed by atoms with van der Waals surface area (Å²) in [5.74, 6) is 0. The van der Waals surface area contributed by atoms with Gasteiger partial charge in [-0.25, -0.2) is 0 Å². The Morgan fingerprint density at radius 3 is 2.74 bits per heavy atom. The molecule has 3 heterocycles. The number of rotatable bonds is 2. The van der Waals surface area contributed by atoms with E-state index in [4.69, 9.17) is 17.0 Å². The minimum Gasteiger partial charge on any atom is -0.381 e. The molecular weight excluding hydrogens is 260 g/mol. The summed E-state index contributed by atoms with van der Waals surface area (Å²) in [7, 11) is 1.99. The summed E-state index contributed by atoms with van der Waals surface area (Å²) in [6, 6.07) is 0. The van der Waals surface area contributed by atoms with E-state index in [-0.39, 0.29) is 5.54 Å². The second-order valence-corrected chi connectivity index (χ2v) is 5.88. The van der Waals surface area contributed by atoms with Gasteiger partial charge in [0.1, 0.15) is 5.52 Å². The van der Waals surface area contributed by atoms with Gasteiger partial charge in [-0.1, -0.05) is 6.92 Å². The zero-order valence-electron chi connectivity index (χ0n) is 11.7. The van der Waals surface area contributed by atoms with Gasteiger partial charge in [0.15, 0.2) is 10.4 Å². The van der Waals surface area contributed by atoms with E-state index in [2.05, 4.69) is 28.5 Å². The third kappa shape index (κ3) is 1.85. The van der Waals surface area contributed by atoms with E-state index in [1.807, 2.05) is 11.7 Å². The molecule has 2 aromatic heterocycles. The molecule has 0 unspecified atom stereocenters. The van der Waals surface area contributed by atoms with E-state index in [9.17, 15) is 0 Å². The quantitative estimate of drug-likeness (QED) is 0.860. The second kappa shape index (κ2) is 4.45. The Morgan fingerprint density at radius 1 is 1.42 bits per heavy atom. The lowest BCUT2D eigenvalue weighted by Crippen LogP contribution is -2.37. The third-order valence-electron chi connectivity index (χ3n) is 4.18. The molecule has 0 spiro atoms. The van der Waals surface area contributed by atoms with E-state index < -0.39 is 0 Å². The number of ether oxygens (including phenoxy) is 1.